The maximum absolute atomic E-state index is 13.1. The van der Waals surface area contributed by atoms with Crippen molar-refractivity contribution < 1.29 is 23.9 Å². The smallest absolute Gasteiger partial charge is 0.407 e. The van der Waals surface area contributed by atoms with Crippen molar-refractivity contribution in [3.63, 3.8) is 0 Å². The van der Waals surface area contributed by atoms with Gasteiger partial charge in [0, 0.05) is 30.5 Å². The number of alkyl carbamates (subject to hydrolysis) is 1. The van der Waals surface area contributed by atoms with Gasteiger partial charge in [-0.15, -0.1) is 0 Å². The van der Waals surface area contributed by atoms with Gasteiger partial charge in [0.2, 0.25) is 11.8 Å². The molecule has 0 bridgehead atoms. The van der Waals surface area contributed by atoms with Crippen LogP contribution in [0.5, 0.6) is 0 Å². The summed E-state index contributed by atoms with van der Waals surface area (Å²) in [6.45, 7) is 2.18. The molecule has 1 aliphatic rings. The topological polar surface area (TPSA) is 200 Å². The molecule has 1 saturated heterocycles. The molecule has 14 nitrogen and oxygen atoms in total. The third kappa shape index (κ3) is 16.7. The van der Waals surface area contributed by atoms with E-state index in [1.165, 1.54) is 13.5 Å². The number of H-pyrrole nitrogens is 2. The van der Waals surface area contributed by atoms with E-state index in [-0.39, 0.29) is 18.4 Å². The standard InChI is InChI=1S/C42H48N8O2.C6H6.C4H7NO3/c1-50-27-9-12-37(50)41-46-29-36(48-41)33-23-19-31(20-24-33)16-15-30-17-21-32(22-18-30)35-28-45-38(47-35)13-6-8-26-44-42(52)40(34-10-3-2-4-11-34)49-39(51)14-5-7-25-43;1-2-4-6-5-3-1;1-8-4(7)5-2-3-6/h2-4,10-11,17-24,28-29,37,40H,5-9,12-14,25-27,43H2,1H3,(H,44,52)(H,45,47)(H,46,48)(H,49,51);1-6H;3H,2H2,1H3,(H,5,7). The highest BCUT2D eigenvalue weighted by atomic mass is 16.5. The Kier molecular flexibility index (Phi) is 20.9. The lowest BCUT2D eigenvalue weighted by Gasteiger charge is -2.19. The van der Waals surface area contributed by atoms with Crippen LogP contribution in [0.1, 0.15) is 85.4 Å². The summed E-state index contributed by atoms with van der Waals surface area (Å²) < 4.78 is 4.14. The lowest BCUT2D eigenvalue weighted by Crippen LogP contribution is -2.40. The van der Waals surface area contributed by atoms with Crippen molar-refractivity contribution in [3.8, 4) is 34.4 Å². The zero-order chi connectivity index (χ0) is 46.8. The Morgan fingerprint density at radius 2 is 1.41 bits per heavy atom. The van der Waals surface area contributed by atoms with Gasteiger partial charge in [-0.05, 0) is 99.6 Å². The number of carbonyl (C=O) groups excluding carboxylic acids is 4. The Hall–Kier alpha value is -7.34. The molecule has 344 valence electrons. The van der Waals surface area contributed by atoms with Crippen molar-refractivity contribution in [2.24, 2.45) is 5.73 Å². The summed E-state index contributed by atoms with van der Waals surface area (Å²) in [5, 5.41) is 8.04. The summed E-state index contributed by atoms with van der Waals surface area (Å²) >= 11 is 0. The van der Waals surface area contributed by atoms with Crippen LogP contribution in [-0.2, 0) is 25.5 Å². The van der Waals surface area contributed by atoms with E-state index in [0.29, 0.717) is 38.3 Å². The SMILES string of the molecule is CN1CCCC1c1ncc(-c2ccc(C#Cc3ccc(-c4cnc(CCCCNC(=O)C(NC(=O)CCCCN)c5ccccc5)[nH]4)cc3)cc2)[nH]1.COC(=O)NCC=O.c1ccccc1. The first-order valence-corrected chi connectivity index (χ1v) is 22.4. The molecule has 14 heteroatoms. The van der Waals surface area contributed by atoms with Gasteiger partial charge in [0.05, 0.1) is 43.5 Å². The quantitative estimate of drug-likeness (QED) is 0.0309. The summed E-state index contributed by atoms with van der Waals surface area (Å²) in [4.78, 5) is 63.7. The van der Waals surface area contributed by atoms with Crippen LogP contribution in [-0.4, -0.2) is 89.4 Å². The molecule has 2 atom stereocenters. The summed E-state index contributed by atoms with van der Waals surface area (Å²) in [7, 11) is 3.39. The molecule has 2 unspecified atom stereocenters. The van der Waals surface area contributed by atoms with Crippen LogP contribution in [0.15, 0.2) is 128 Å². The number of benzene rings is 4. The van der Waals surface area contributed by atoms with Crippen molar-refractivity contribution >= 4 is 24.2 Å². The zero-order valence-electron chi connectivity index (χ0n) is 37.8. The normalized spacial score (nSPS) is 13.3. The molecule has 1 aliphatic heterocycles. The minimum absolute atomic E-state index is 0.00662. The third-order valence-corrected chi connectivity index (χ3v) is 10.7. The van der Waals surface area contributed by atoms with Gasteiger partial charge in [0.25, 0.3) is 0 Å². The predicted molar refractivity (Wildman–Crippen MR) is 258 cm³/mol. The number of nitrogens with zero attached hydrogens (tertiary/aromatic N) is 3. The Labute approximate surface area is 387 Å². The number of hydrogen-bond acceptors (Lipinski definition) is 9. The Morgan fingerprint density at radius 3 is 1.98 bits per heavy atom. The van der Waals surface area contributed by atoms with E-state index in [1.54, 1.807) is 0 Å². The number of imidazole rings is 2. The van der Waals surface area contributed by atoms with E-state index in [9.17, 15) is 19.2 Å². The molecule has 7 N–H and O–H groups in total. The number of aryl methyl sites for hydroxylation is 1. The highest BCUT2D eigenvalue weighted by Gasteiger charge is 2.25. The Balaban J connectivity index is 0.000000501. The van der Waals surface area contributed by atoms with E-state index in [1.807, 2.05) is 103 Å². The highest BCUT2D eigenvalue weighted by molar-refractivity contribution is 5.88. The van der Waals surface area contributed by atoms with Gasteiger partial charge in [-0.25, -0.2) is 14.8 Å². The lowest BCUT2D eigenvalue weighted by atomic mass is 10.1. The number of nitrogens with one attached hydrogen (secondary N) is 5. The molecular formula is C52H61N9O5. The molecule has 3 amide bonds. The number of aromatic amines is 2. The van der Waals surface area contributed by atoms with Crippen molar-refractivity contribution in [1.82, 2.24) is 40.8 Å². The molecule has 66 heavy (non-hydrogen) atoms. The summed E-state index contributed by atoms with van der Waals surface area (Å²) in [5.41, 5.74) is 12.3. The van der Waals surface area contributed by atoms with Gasteiger partial charge in [0.1, 0.15) is 24.0 Å². The van der Waals surface area contributed by atoms with Crippen LogP contribution in [0.4, 0.5) is 4.79 Å². The fourth-order valence-electron chi connectivity index (χ4n) is 7.08. The minimum Gasteiger partial charge on any atom is -0.453 e. The average molecular weight is 892 g/mol. The third-order valence-electron chi connectivity index (χ3n) is 10.7. The molecule has 0 saturated carbocycles. The number of methoxy groups -OCH3 is 1. The lowest BCUT2D eigenvalue weighted by molar-refractivity contribution is -0.129. The van der Waals surface area contributed by atoms with Gasteiger partial charge >= 0.3 is 6.09 Å². The number of carbonyl (C=O) groups is 4. The van der Waals surface area contributed by atoms with Crippen LogP contribution in [0.3, 0.4) is 0 Å². The Morgan fingerprint density at radius 1 is 0.803 bits per heavy atom. The van der Waals surface area contributed by atoms with Crippen molar-refractivity contribution in [3.05, 3.63) is 156 Å². The first-order chi connectivity index (χ1) is 32.3. The molecule has 3 heterocycles. The maximum atomic E-state index is 13.1. The monoisotopic (exact) mass is 891 g/mol. The number of amides is 3. The number of nitrogens with two attached hydrogens (primary N) is 1. The average Bonchev–Trinajstić information content (AvgIpc) is 4.15. The van der Waals surface area contributed by atoms with Crippen molar-refractivity contribution in [1.29, 1.82) is 0 Å². The van der Waals surface area contributed by atoms with E-state index >= 15 is 0 Å². The molecule has 0 aliphatic carbocycles. The van der Waals surface area contributed by atoms with Crippen LogP contribution < -0.4 is 21.7 Å². The van der Waals surface area contributed by atoms with E-state index < -0.39 is 12.1 Å². The van der Waals surface area contributed by atoms with Crippen LogP contribution >= 0.6 is 0 Å². The number of unbranched alkanes of at least 4 members (excludes halogenated alkanes) is 2. The van der Waals surface area contributed by atoms with Crippen LogP contribution in [0.25, 0.3) is 22.5 Å². The van der Waals surface area contributed by atoms with Gasteiger partial charge in [-0.3, -0.25) is 14.5 Å². The molecule has 0 radical (unpaired) electrons. The summed E-state index contributed by atoms with van der Waals surface area (Å²) in [6.07, 6.45) is 10.3. The molecular weight excluding hydrogens is 831 g/mol. The van der Waals surface area contributed by atoms with Gasteiger partial charge in [0.15, 0.2) is 0 Å². The Bertz CT molecular complexity index is 2400. The van der Waals surface area contributed by atoms with Crippen molar-refractivity contribution in [2.75, 3.05) is 40.3 Å². The number of hydrogen-bond donors (Lipinski definition) is 6. The van der Waals surface area contributed by atoms with Gasteiger partial charge in [-0.1, -0.05) is 103 Å². The van der Waals surface area contributed by atoms with Gasteiger partial charge in [-0.2, -0.15) is 0 Å². The van der Waals surface area contributed by atoms with Crippen molar-refractivity contribution in [2.45, 2.75) is 63.5 Å². The fraction of sp³-hybridized carbons (Fsp3) is 0.308. The number of aromatic nitrogens is 4. The maximum Gasteiger partial charge on any atom is 0.407 e. The first kappa shape index (κ1) is 49.7. The molecule has 7 rings (SSSR count). The summed E-state index contributed by atoms with van der Waals surface area (Å²) in [6, 6.07) is 37.4. The highest BCUT2D eigenvalue weighted by Crippen LogP contribution is 2.30. The fourth-order valence-corrected chi connectivity index (χ4v) is 7.08. The zero-order valence-corrected chi connectivity index (χ0v) is 37.8. The molecule has 0 spiro atoms. The number of likely N-dealkylation sites (tertiary alicyclic amines) is 1. The molecule has 1 fully saturated rings. The molecule has 4 aromatic carbocycles. The number of rotatable bonds is 17. The van der Waals surface area contributed by atoms with Gasteiger partial charge < -0.3 is 41.2 Å². The largest absolute Gasteiger partial charge is 0.453 e. The second-order valence-corrected chi connectivity index (χ2v) is 15.6. The van der Waals surface area contributed by atoms with E-state index in [4.69, 9.17) is 5.73 Å². The van der Waals surface area contributed by atoms with Crippen LogP contribution in [0.2, 0.25) is 0 Å². The second-order valence-electron chi connectivity index (χ2n) is 15.6. The molecule has 6 aromatic rings. The molecule has 2 aromatic heterocycles. The van der Waals surface area contributed by atoms with Crippen LogP contribution in [0, 0.1) is 11.8 Å². The second kappa shape index (κ2) is 27.8. The minimum atomic E-state index is -0.728. The van der Waals surface area contributed by atoms with E-state index in [2.05, 4.69) is 88.7 Å². The number of aldehydes is 1. The summed E-state index contributed by atoms with van der Waals surface area (Å²) in [5.74, 6) is 8.14. The first-order valence-electron chi connectivity index (χ1n) is 22.4. The van der Waals surface area contributed by atoms with E-state index in [0.717, 1.165) is 89.5 Å². The number of ether oxygens (including phenoxy) is 1. The predicted octanol–water partition coefficient (Wildman–Crippen LogP) is 7.29.